The highest BCUT2D eigenvalue weighted by Gasteiger charge is 2.22. The Labute approximate surface area is 135 Å². The van der Waals surface area contributed by atoms with Crippen molar-refractivity contribution in [3.05, 3.63) is 66.0 Å². The van der Waals surface area contributed by atoms with Crippen molar-refractivity contribution >= 4 is 11.9 Å². The van der Waals surface area contributed by atoms with Crippen LogP contribution in [0.5, 0.6) is 0 Å². The molecule has 1 N–H and O–H groups in total. The summed E-state index contributed by atoms with van der Waals surface area (Å²) in [5.41, 5.74) is 1.66. The number of aryl methyl sites for hydroxylation is 1. The molecule has 23 heavy (non-hydrogen) atoms. The summed E-state index contributed by atoms with van der Waals surface area (Å²) < 4.78 is 4.78. The third-order valence-electron chi connectivity index (χ3n) is 3.44. The van der Waals surface area contributed by atoms with Crippen molar-refractivity contribution in [2.75, 3.05) is 7.11 Å². The quantitative estimate of drug-likeness (QED) is 0.797. The molecule has 1 aromatic heterocycles. The van der Waals surface area contributed by atoms with Gasteiger partial charge in [0.05, 0.1) is 7.11 Å². The Balaban J connectivity index is 1.89. The van der Waals surface area contributed by atoms with E-state index in [-0.39, 0.29) is 5.91 Å². The van der Waals surface area contributed by atoms with Crippen LogP contribution in [0.2, 0.25) is 0 Å². The zero-order valence-electron chi connectivity index (χ0n) is 13.1. The number of pyridine rings is 1. The van der Waals surface area contributed by atoms with Gasteiger partial charge in [-0.15, -0.1) is 0 Å². The number of nitrogens with one attached hydrogen (secondary N) is 1. The van der Waals surface area contributed by atoms with Crippen LogP contribution in [0.4, 0.5) is 0 Å². The molecule has 5 nitrogen and oxygen atoms in total. The van der Waals surface area contributed by atoms with E-state index in [0.717, 1.165) is 12.1 Å². The number of carbonyl (C=O) groups is 2. The summed E-state index contributed by atoms with van der Waals surface area (Å²) in [6.07, 6.45) is 3.46. The van der Waals surface area contributed by atoms with Crippen molar-refractivity contribution in [3.63, 3.8) is 0 Å². The van der Waals surface area contributed by atoms with Crippen molar-refractivity contribution in [2.45, 2.75) is 25.3 Å². The third kappa shape index (κ3) is 5.21. The highest BCUT2D eigenvalue weighted by atomic mass is 16.5. The minimum atomic E-state index is -0.774. The van der Waals surface area contributed by atoms with E-state index in [1.165, 1.54) is 7.11 Å². The number of hydrogen-bond acceptors (Lipinski definition) is 4. The Kier molecular flexibility index (Phi) is 6.29. The normalized spacial score (nSPS) is 11.5. The molecule has 0 saturated carbocycles. The molecule has 1 atom stereocenters. The van der Waals surface area contributed by atoms with E-state index in [1.54, 1.807) is 18.3 Å². The smallest absolute Gasteiger partial charge is 0.333 e. The molecule has 0 unspecified atom stereocenters. The Morgan fingerprint density at radius 1 is 1.13 bits per heavy atom. The van der Waals surface area contributed by atoms with Gasteiger partial charge in [-0.25, -0.2) is 4.79 Å². The molecule has 0 aliphatic rings. The minimum Gasteiger partial charge on any atom is -0.467 e. The SMILES string of the molecule is COC(=O)[C@@H](NC(=O)CCCc1ccccn1)c1ccccc1. The fourth-order valence-corrected chi connectivity index (χ4v) is 2.25. The molecular weight excluding hydrogens is 292 g/mol. The van der Waals surface area contributed by atoms with Crippen molar-refractivity contribution < 1.29 is 14.3 Å². The van der Waals surface area contributed by atoms with Gasteiger partial charge < -0.3 is 10.1 Å². The summed E-state index contributed by atoms with van der Waals surface area (Å²) in [6.45, 7) is 0. The molecule has 1 aromatic carbocycles. The summed E-state index contributed by atoms with van der Waals surface area (Å²) in [7, 11) is 1.31. The summed E-state index contributed by atoms with van der Waals surface area (Å²) in [4.78, 5) is 28.2. The molecule has 5 heteroatoms. The lowest BCUT2D eigenvalue weighted by Crippen LogP contribution is -2.34. The van der Waals surface area contributed by atoms with E-state index < -0.39 is 12.0 Å². The highest BCUT2D eigenvalue weighted by molar-refractivity contribution is 5.85. The Hall–Kier alpha value is -2.69. The number of rotatable bonds is 7. The van der Waals surface area contributed by atoms with Crippen molar-refractivity contribution in [1.82, 2.24) is 10.3 Å². The number of esters is 1. The van der Waals surface area contributed by atoms with Gasteiger partial charge in [0, 0.05) is 18.3 Å². The maximum Gasteiger partial charge on any atom is 0.333 e. The average molecular weight is 312 g/mol. The maximum atomic E-state index is 12.1. The molecule has 0 bridgehead atoms. The predicted molar refractivity (Wildman–Crippen MR) is 86.5 cm³/mol. The molecule has 0 aliphatic heterocycles. The van der Waals surface area contributed by atoms with Gasteiger partial charge in [-0.05, 0) is 30.5 Å². The number of aromatic nitrogens is 1. The van der Waals surface area contributed by atoms with E-state index >= 15 is 0 Å². The monoisotopic (exact) mass is 312 g/mol. The van der Waals surface area contributed by atoms with Gasteiger partial charge in [0.1, 0.15) is 0 Å². The number of carbonyl (C=O) groups excluding carboxylic acids is 2. The zero-order chi connectivity index (χ0) is 16.5. The molecule has 120 valence electrons. The lowest BCUT2D eigenvalue weighted by Gasteiger charge is -2.16. The van der Waals surface area contributed by atoms with Gasteiger partial charge in [0.25, 0.3) is 0 Å². The van der Waals surface area contributed by atoms with Gasteiger partial charge in [-0.3, -0.25) is 9.78 Å². The van der Waals surface area contributed by atoms with Gasteiger partial charge in [-0.2, -0.15) is 0 Å². The number of amides is 1. The first kappa shape index (κ1) is 16.7. The second kappa shape index (κ2) is 8.68. The van der Waals surface area contributed by atoms with Crippen LogP contribution in [0.15, 0.2) is 54.7 Å². The Morgan fingerprint density at radius 2 is 1.87 bits per heavy atom. The zero-order valence-corrected chi connectivity index (χ0v) is 13.1. The molecule has 1 amide bonds. The topological polar surface area (TPSA) is 68.3 Å². The summed E-state index contributed by atoms with van der Waals surface area (Å²) in [6, 6.07) is 14.0. The van der Waals surface area contributed by atoms with Crippen molar-refractivity contribution in [1.29, 1.82) is 0 Å². The molecule has 0 saturated heterocycles. The van der Waals surface area contributed by atoms with E-state index in [2.05, 4.69) is 10.3 Å². The first-order valence-corrected chi connectivity index (χ1v) is 7.52. The highest BCUT2D eigenvalue weighted by Crippen LogP contribution is 2.14. The van der Waals surface area contributed by atoms with E-state index in [1.807, 2.05) is 36.4 Å². The van der Waals surface area contributed by atoms with Crippen LogP contribution in [0.3, 0.4) is 0 Å². The van der Waals surface area contributed by atoms with Crippen molar-refractivity contribution in [2.24, 2.45) is 0 Å². The molecule has 2 aromatic rings. The fraction of sp³-hybridized carbons (Fsp3) is 0.278. The lowest BCUT2D eigenvalue weighted by molar-refractivity contribution is -0.145. The van der Waals surface area contributed by atoms with Gasteiger partial charge in [0.2, 0.25) is 5.91 Å². The molecule has 0 aliphatic carbocycles. The summed E-state index contributed by atoms with van der Waals surface area (Å²) in [5, 5.41) is 2.74. The standard InChI is InChI=1S/C18H20N2O3/c1-23-18(22)17(14-8-3-2-4-9-14)20-16(21)12-7-11-15-10-5-6-13-19-15/h2-6,8-10,13,17H,7,11-12H2,1H3,(H,20,21)/t17-/m0/s1. The first-order chi connectivity index (χ1) is 11.2. The van der Waals surface area contributed by atoms with E-state index in [4.69, 9.17) is 4.74 Å². The van der Waals surface area contributed by atoms with E-state index in [9.17, 15) is 9.59 Å². The van der Waals surface area contributed by atoms with Crippen LogP contribution >= 0.6 is 0 Å². The first-order valence-electron chi connectivity index (χ1n) is 7.52. The van der Waals surface area contributed by atoms with Crippen LogP contribution in [0.1, 0.15) is 30.1 Å². The van der Waals surface area contributed by atoms with Crippen LogP contribution in [0, 0.1) is 0 Å². The average Bonchev–Trinajstić information content (AvgIpc) is 2.60. The Morgan fingerprint density at radius 3 is 2.52 bits per heavy atom. The second-order valence-corrected chi connectivity index (χ2v) is 5.11. The fourth-order valence-electron chi connectivity index (χ4n) is 2.25. The number of ether oxygens (including phenoxy) is 1. The Bertz CT molecular complexity index is 629. The minimum absolute atomic E-state index is 0.180. The summed E-state index contributed by atoms with van der Waals surface area (Å²) in [5.74, 6) is -0.658. The van der Waals surface area contributed by atoms with Crippen LogP contribution in [-0.4, -0.2) is 24.0 Å². The van der Waals surface area contributed by atoms with Gasteiger partial charge in [-0.1, -0.05) is 36.4 Å². The molecule has 0 spiro atoms. The van der Waals surface area contributed by atoms with Crippen LogP contribution < -0.4 is 5.32 Å². The molecule has 0 fully saturated rings. The molecular formula is C18H20N2O3. The number of methoxy groups -OCH3 is 1. The lowest BCUT2D eigenvalue weighted by atomic mass is 10.1. The second-order valence-electron chi connectivity index (χ2n) is 5.11. The third-order valence-corrected chi connectivity index (χ3v) is 3.44. The number of hydrogen-bond donors (Lipinski definition) is 1. The van der Waals surface area contributed by atoms with Crippen molar-refractivity contribution in [3.8, 4) is 0 Å². The number of nitrogens with zero attached hydrogens (tertiary/aromatic N) is 1. The molecule has 2 rings (SSSR count). The molecule has 0 radical (unpaired) electrons. The van der Waals surface area contributed by atoms with Gasteiger partial charge in [0.15, 0.2) is 6.04 Å². The van der Waals surface area contributed by atoms with Gasteiger partial charge >= 0.3 is 5.97 Å². The van der Waals surface area contributed by atoms with E-state index in [0.29, 0.717) is 18.4 Å². The number of benzene rings is 1. The summed E-state index contributed by atoms with van der Waals surface area (Å²) >= 11 is 0. The molecule has 1 heterocycles. The predicted octanol–water partition coefficient (Wildman–Crippen LogP) is 2.43. The maximum absolute atomic E-state index is 12.1. The van der Waals surface area contributed by atoms with Crippen LogP contribution in [0.25, 0.3) is 0 Å². The largest absolute Gasteiger partial charge is 0.467 e. The van der Waals surface area contributed by atoms with Crippen LogP contribution in [-0.2, 0) is 20.7 Å².